The van der Waals surface area contributed by atoms with Crippen LogP contribution in [0.4, 0.5) is 5.69 Å². The van der Waals surface area contributed by atoms with Crippen LogP contribution in [-0.2, 0) is 14.3 Å². The van der Waals surface area contributed by atoms with E-state index in [1.807, 2.05) is 72.8 Å². The van der Waals surface area contributed by atoms with Crippen LogP contribution >= 0.6 is 0 Å². The van der Waals surface area contributed by atoms with E-state index in [0.717, 1.165) is 11.1 Å². The fraction of sp³-hybridized carbons (Fsp3) is 0.179. The zero-order valence-electron chi connectivity index (χ0n) is 18.0. The van der Waals surface area contributed by atoms with Crippen molar-refractivity contribution in [2.24, 2.45) is 11.8 Å². The number of hydrogen-bond acceptors (Lipinski definition) is 4. The van der Waals surface area contributed by atoms with Gasteiger partial charge in [0, 0.05) is 0 Å². The predicted molar refractivity (Wildman–Crippen MR) is 124 cm³/mol. The Balaban J connectivity index is 1.36. The summed E-state index contributed by atoms with van der Waals surface area (Å²) in [5.74, 6) is -1.39. The first-order chi connectivity index (χ1) is 16.1. The number of allylic oxidation sites excluding steroid dienone is 2. The molecule has 3 aromatic carbocycles. The number of amides is 2. The van der Waals surface area contributed by atoms with Crippen LogP contribution in [0.5, 0.6) is 0 Å². The number of fused-ring (bicyclic) bond motifs is 1. The molecule has 2 atom stereocenters. The fourth-order valence-corrected chi connectivity index (χ4v) is 4.56. The second kappa shape index (κ2) is 8.87. The number of carbonyl (C=O) groups excluding carboxylic acids is 3. The molecule has 33 heavy (non-hydrogen) atoms. The zero-order valence-corrected chi connectivity index (χ0v) is 18.0. The molecule has 1 fully saturated rings. The molecule has 5 nitrogen and oxygen atoms in total. The number of nitrogens with zero attached hydrogens (tertiary/aromatic N) is 1. The Morgan fingerprint density at radius 3 is 1.70 bits per heavy atom. The lowest BCUT2D eigenvalue weighted by Crippen LogP contribution is -2.30. The number of rotatable bonds is 5. The molecule has 1 aliphatic carbocycles. The van der Waals surface area contributed by atoms with Crippen LogP contribution in [0, 0.1) is 11.8 Å². The number of anilines is 1. The van der Waals surface area contributed by atoms with Crippen molar-refractivity contribution in [2.45, 2.75) is 18.9 Å². The molecule has 2 amide bonds. The molecule has 2 unspecified atom stereocenters. The van der Waals surface area contributed by atoms with E-state index in [2.05, 4.69) is 0 Å². The van der Waals surface area contributed by atoms with Crippen molar-refractivity contribution in [2.75, 3.05) is 4.90 Å². The summed E-state index contributed by atoms with van der Waals surface area (Å²) in [5.41, 5.74) is 2.59. The predicted octanol–water partition coefficient (Wildman–Crippen LogP) is 5.09. The first-order valence-corrected chi connectivity index (χ1v) is 11.1. The summed E-state index contributed by atoms with van der Waals surface area (Å²) in [6, 6.07) is 25.6. The summed E-state index contributed by atoms with van der Waals surface area (Å²) in [6.45, 7) is 0. The number of imide groups is 1. The van der Waals surface area contributed by atoms with Crippen LogP contribution < -0.4 is 4.90 Å². The molecule has 164 valence electrons. The first kappa shape index (κ1) is 20.9. The molecule has 5 heteroatoms. The molecule has 1 saturated heterocycles. The second-order valence-corrected chi connectivity index (χ2v) is 8.32. The van der Waals surface area contributed by atoms with Crippen molar-refractivity contribution in [3.8, 4) is 0 Å². The minimum atomic E-state index is -0.545. The maximum absolute atomic E-state index is 13.0. The van der Waals surface area contributed by atoms with Gasteiger partial charge in [-0.1, -0.05) is 72.8 Å². The molecule has 1 aliphatic heterocycles. The summed E-state index contributed by atoms with van der Waals surface area (Å²) in [7, 11) is 0. The molecular weight excluding hydrogens is 414 g/mol. The van der Waals surface area contributed by atoms with Gasteiger partial charge in [0.1, 0.15) is 0 Å². The van der Waals surface area contributed by atoms with Crippen molar-refractivity contribution in [1.29, 1.82) is 0 Å². The summed E-state index contributed by atoms with van der Waals surface area (Å²) < 4.78 is 5.90. The quantitative estimate of drug-likeness (QED) is 0.317. The van der Waals surface area contributed by atoms with Crippen LogP contribution in [0.3, 0.4) is 0 Å². The number of carbonyl (C=O) groups is 3. The summed E-state index contributed by atoms with van der Waals surface area (Å²) in [6.07, 6.45) is 4.57. The van der Waals surface area contributed by atoms with Gasteiger partial charge in [-0.15, -0.1) is 0 Å². The largest absolute Gasteiger partial charge is 0.449 e. The lowest BCUT2D eigenvalue weighted by atomic mass is 9.85. The lowest BCUT2D eigenvalue weighted by molar-refractivity contribution is -0.122. The Morgan fingerprint density at radius 1 is 0.727 bits per heavy atom. The Bertz CT molecular complexity index is 1140. The molecule has 2 aliphatic rings. The van der Waals surface area contributed by atoms with Gasteiger partial charge in [0.15, 0.2) is 6.10 Å². The molecule has 0 N–H and O–H groups in total. The van der Waals surface area contributed by atoms with E-state index in [-0.39, 0.29) is 23.7 Å². The first-order valence-electron chi connectivity index (χ1n) is 11.1. The van der Waals surface area contributed by atoms with Crippen molar-refractivity contribution in [1.82, 2.24) is 0 Å². The zero-order chi connectivity index (χ0) is 22.8. The Labute approximate surface area is 192 Å². The van der Waals surface area contributed by atoms with Crippen LogP contribution in [0.1, 0.15) is 40.4 Å². The summed E-state index contributed by atoms with van der Waals surface area (Å²) >= 11 is 0. The molecule has 0 radical (unpaired) electrons. The van der Waals surface area contributed by atoms with Gasteiger partial charge in [0.2, 0.25) is 11.8 Å². The number of benzene rings is 3. The molecule has 0 spiro atoms. The SMILES string of the molecule is O=C(OC(c1ccccc1)c1ccccc1)c1ccc(N2C(=O)C3CC=CCC3C2=O)cc1. The van der Waals surface area contributed by atoms with Gasteiger partial charge in [-0.2, -0.15) is 0 Å². The average Bonchev–Trinajstić information content (AvgIpc) is 3.13. The van der Waals surface area contributed by atoms with Crippen LogP contribution in [0.25, 0.3) is 0 Å². The third-order valence-corrected chi connectivity index (χ3v) is 6.30. The van der Waals surface area contributed by atoms with E-state index >= 15 is 0 Å². The molecular formula is C28H23NO4. The van der Waals surface area contributed by atoms with Crippen LogP contribution in [0.2, 0.25) is 0 Å². The molecule has 0 saturated carbocycles. The molecule has 0 aromatic heterocycles. The number of esters is 1. The smallest absolute Gasteiger partial charge is 0.339 e. The van der Waals surface area contributed by atoms with Gasteiger partial charge >= 0.3 is 5.97 Å². The van der Waals surface area contributed by atoms with Crippen molar-refractivity contribution in [3.63, 3.8) is 0 Å². The molecule has 1 heterocycles. The highest BCUT2D eigenvalue weighted by Crippen LogP contribution is 2.37. The molecule has 0 bridgehead atoms. The number of hydrogen-bond donors (Lipinski definition) is 0. The molecule has 5 rings (SSSR count). The monoisotopic (exact) mass is 437 g/mol. The highest BCUT2D eigenvalue weighted by atomic mass is 16.5. The van der Waals surface area contributed by atoms with Crippen LogP contribution in [-0.4, -0.2) is 17.8 Å². The van der Waals surface area contributed by atoms with Crippen molar-refractivity contribution >= 4 is 23.5 Å². The normalized spacial score (nSPS) is 19.6. The summed E-state index contributed by atoms with van der Waals surface area (Å²) in [4.78, 5) is 39.9. The minimum absolute atomic E-state index is 0.169. The van der Waals surface area contributed by atoms with E-state index < -0.39 is 12.1 Å². The van der Waals surface area contributed by atoms with Gasteiger partial charge in [-0.25, -0.2) is 4.79 Å². The average molecular weight is 437 g/mol. The highest BCUT2D eigenvalue weighted by Gasteiger charge is 2.47. The third-order valence-electron chi connectivity index (χ3n) is 6.30. The van der Waals surface area contributed by atoms with Crippen LogP contribution in [0.15, 0.2) is 97.1 Å². The van der Waals surface area contributed by atoms with E-state index in [1.165, 1.54) is 4.90 Å². The van der Waals surface area contributed by atoms with Gasteiger partial charge in [0.05, 0.1) is 23.1 Å². The molecule has 3 aromatic rings. The maximum atomic E-state index is 13.0. The van der Waals surface area contributed by atoms with Gasteiger partial charge in [0.25, 0.3) is 0 Å². The van der Waals surface area contributed by atoms with Gasteiger partial charge in [-0.05, 0) is 48.2 Å². The Morgan fingerprint density at radius 2 is 1.21 bits per heavy atom. The topological polar surface area (TPSA) is 63.7 Å². The minimum Gasteiger partial charge on any atom is -0.449 e. The van der Waals surface area contributed by atoms with E-state index in [9.17, 15) is 14.4 Å². The van der Waals surface area contributed by atoms with Gasteiger partial charge < -0.3 is 4.74 Å². The Kier molecular flexibility index (Phi) is 5.61. The van der Waals surface area contributed by atoms with E-state index in [4.69, 9.17) is 4.74 Å². The van der Waals surface area contributed by atoms with E-state index in [0.29, 0.717) is 24.1 Å². The van der Waals surface area contributed by atoms with Crippen molar-refractivity contribution < 1.29 is 19.1 Å². The Hall–Kier alpha value is -3.99. The number of ether oxygens (including phenoxy) is 1. The van der Waals surface area contributed by atoms with E-state index in [1.54, 1.807) is 24.3 Å². The lowest BCUT2D eigenvalue weighted by Gasteiger charge is -2.19. The second-order valence-electron chi connectivity index (χ2n) is 8.32. The summed E-state index contributed by atoms with van der Waals surface area (Å²) in [5, 5.41) is 0. The maximum Gasteiger partial charge on any atom is 0.339 e. The third kappa shape index (κ3) is 3.98. The fourth-order valence-electron chi connectivity index (χ4n) is 4.56. The highest BCUT2D eigenvalue weighted by molar-refractivity contribution is 6.22. The van der Waals surface area contributed by atoms with Crippen molar-refractivity contribution in [3.05, 3.63) is 114 Å². The standard InChI is InChI=1S/C28H23NO4/c30-26-23-13-7-8-14-24(23)27(31)29(26)22-17-15-21(16-18-22)28(32)33-25(19-9-3-1-4-10-19)20-11-5-2-6-12-20/h1-12,15-18,23-25H,13-14H2. The van der Waals surface area contributed by atoms with Gasteiger partial charge in [-0.3, -0.25) is 14.5 Å².